The molecule has 1 heterocycles. The molecule has 0 unspecified atom stereocenters. The van der Waals surface area contributed by atoms with Gasteiger partial charge in [0.05, 0.1) is 22.8 Å². The summed E-state index contributed by atoms with van der Waals surface area (Å²) in [5, 5.41) is 0.520. The first kappa shape index (κ1) is 13.4. The maximum Gasteiger partial charge on any atom is 0.255 e. The van der Waals surface area contributed by atoms with Gasteiger partial charge in [0, 0.05) is 13.1 Å². The quantitative estimate of drug-likeness (QED) is 0.783. The Morgan fingerprint density at radius 3 is 2.50 bits per heavy atom. The van der Waals surface area contributed by atoms with Crippen LogP contribution in [-0.2, 0) is 4.74 Å². The summed E-state index contributed by atoms with van der Waals surface area (Å²) in [4.78, 5) is 14.2. The number of hydrogen-bond donors (Lipinski definition) is 0. The van der Waals surface area contributed by atoms with Gasteiger partial charge in [-0.1, -0.05) is 17.7 Å². The van der Waals surface area contributed by atoms with Gasteiger partial charge in [-0.2, -0.15) is 0 Å². The summed E-state index contributed by atoms with van der Waals surface area (Å²) in [7, 11) is 0. The van der Waals surface area contributed by atoms with Crippen molar-refractivity contribution in [2.45, 2.75) is 33.0 Å². The fraction of sp³-hybridized carbons (Fsp3) is 0.500. The average Bonchev–Trinajstić information content (AvgIpc) is 2.26. The summed E-state index contributed by atoms with van der Waals surface area (Å²) in [6, 6.07) is 5.53. The Bertz CT molecular complexity index is 451. The second kappa shape index (κ2) is 5.29. The number of hydrogen-bond acceptors (Lipinski definition) is 2. The SMILES string of the molecule is Cc1ccc(C(=O)N2C[C@@H](C)O[C@@H](C)C2)c(Cl)c1. The lowest BCUT2D eigenvalue weighted by Gasteiger charge is -2.35. The van der Waals surface area contributed by atoms with Crippen LogP contribution in [0.3, 0.4) is 0 Å². The summed E-state index contributed by atoms with van der Waals surface area (Å²) in [6.07, 6.45) is 0.142. The van der Waals surface area contributed by atoms with E-state index < -0.39 is 0 Å². The first-order chi connectivity index (χ1) is 8.47. The number of rotatable bonds is 1. The highest BCUT2D eigenvalue weighted by Crippen LogP contribution is 2.21. The van der Waals surface area contributed by atoms with Gasteiger partial charge in [-0.25, -0.2) is 0 Å². The van der Waals surface area contributed by atoms with Crippen LogP contribution in [0, 0.1) is 6.92 Å². The minimum Gasteiger partial charge on any atom is -0.372 e. The van der Waals surface area contributed by atoms with E-state index in [1.807, 2.05) is 37.8 Å². The Kier molecular flexibility index (Phi) is 3.93. The molecule has 0 spiro atoms. The second-order valence-corrected chi connectivity index (χ2v) is 5.36. The summed E-state index contributed by atoms with van der Waals surface area (Å²) in [5.41, 5.74) is 1.63. The van der Waals surface area contributed by atoms with Crippen molar-refractivity contribution < 1.29 is 9.53 Å². The number of morpholine rings is 1. The van der Waals surface area contributed by atoms with Crippen LogP contribution in [-0.4, -0.2) is 36.1 Å². The molecule has 1 saturated heterocycles. The van der Waals surface area contributed by atoms with E-state index in [0.29, 0.717) is 23.7 Å². The molecule has 0 aliphatic carbocycles. The van der Waals surface area contributed by atoms with Crippen LogP contribution in [0.15, 0.2) is 18.2 Å². The number of carbonyl (C=O) groups excluding carboxylic acids is 1. The Hall–Kier alpha value is -1.06. The molecule has 1 aromatic carbocycles. The lowest BCUT2D eigenvalue weighted by molar-refractivity contribution is -0.0586. The van der Waals surface area contributed by atoms with Crippen LogP contribution in [0.4, 0.5) is 0 Å². The topological polar surface area (TPSA) is 29.5 Å². The standard InChI is InChI=1S/C14H18ClNO2/c1-9-4-5-12(13(15)6-9)14(17)16-7-10(2)18-11(3)8-16/h4-6,10-11H,7-8H2,1-3H3/t10-,11+. The van der Waals surface area contributed by atoms with E-state index in [-0.39, 0.29) is 18.1 Å². The van der Waals surface area contributed by atoms with Gasteiger partial charge in [0.15, 0.2) is 0 Å². The van der Waals surface area contributed by atoms with Crippen LogP contribution >= 0.6 is 11.6 Å². The van der Waals surface area contributed by atoms with Crippen LogP contribution < -0.4 is 0 Å². The molecule has 4 heteroatoms. The van der Waals surface area contributed by atoms with Gasteiger partial charge in [0.25, 0.3) is 5.91 Å². The Morgan fingerprint density at radius 2 is 1.94 bits per heavy atom. The van der Waals surface area contributed by atoms with E-state index in [0.717, 1.165) is 5.56 Å². The number of aryl methyl sites for hydroxylation is 1. The minimum atomic E-state index is -0.0120. The molecule has 1 aliphatic heterocycles. The maximum absolute atomic E-state index is 12.4. The molecule has 18 heavy (non-hydrogen) atoms. The second-order valence-electron chi connectivity index (χ2n) is 4.95. The van der Waals surface area contributed by atoms with Crippen molar-refractivity contribution in [1.29, 1.82) is 0 Å². The summed E-state index contributed by atoms with van der Waals surface area (Å²) >= 11 is 6.14. The largest absolute Gasteiger partial charge is 0.372 e. The van der Waals surface area contributed by atoms with E-state index in [4.69, 9.17) is 16.3 Å². The van der Waals surface area contributed by atoms with E-state index >= 15 is 0 Å². The monoisotopic (exact) mass is 267 g/mol. The smallest absolute Gasteiger partial charge is 0.255 e. The molecule has 98 valence electrons. The van der Waals surface area contributed by atoms with Crippen LogP contribution in [0.25, 0.3) is 0 Å². The Labute approximate surface area is 113 Å². The zero-order valence-corrected chi connectivity index (χ0v) is 11.7. The predicted molar refractivity (Wildman–Crippen MR) is 72.1 cm³/mol. The fourth-order valence-corrected chi connectivity index (χ4v) is 2.62. The highest BCUT2D eigenvalue weighted by atomic mass is 35.5. The first-order valence-electron chi connectivity index (χ1n) is 6.18. The Morgan fingerprint density at radius 1 is 1.33 bits per heavy atom. The van der Waals surface area contributed by atoms with Crippen molar-refractivity contribution >= 4 is 17.5 Å². The molecule has 2 atom stereocenters. The third-order valence-corrected chi connectivity index (χ3v) is 3.37. The predicted octanol–water partition coefficient (Wildman–Crippen LogP) is 2.90. The molecule has 0 bridgehead atoms. The molecule has 2 rings (SSSR count). The van der Waals surface area contributed by atoms with Crippen molar-refractivity contribution in [3.05, 3.63) is 34.3 Å². The highest BCUT2D eigenvalue weighted by molar-refractivity contribution is 6.33. The van der Waals surface area contributed by atoms with Crippen LogP contribution in [0.5, 0.6) is 0 Å². The number of benzene rings is 1. The molecule has 0 radical (unpaired) electrons. The molecular weight excluding hydrogens is 250 g/mol. The van der Waals surface area contributed by atoms with Crippen LogP contribution in [0.1, 0.15) is 29.8 Å². The Balaban J connectivity index is 2.20. The zero-order valence-electron chi connectivity index (χ0n) is 10.9. The number of ether oxygens (including phenoxy) is 1. The number of amides is 1. The van der Waals surface area contributed by atoms with Gasteiger partial charge in [0.2, 0.25) is 0 Å². The van der Waals surface area contributed by atoms with Gasteiger partial charge in [0.1, 0.15) is 0 Å². The number of halogens is 1. The molecular formula is C14H18ClNO2. The number of carbonyl (C=O) groups is 1. The summed E-state index contributed by atoms with van der Waals surface area (Å²) in [5.74, 6) is -0.0120. The fourth-order valence-electron chi connectivity index (χ4n) is 2.31. The lowest BCUT2D eigenvalue weighted by atomic mass is 10.1. The molecule has 1 fully saturated rings. The first-order valence-corrected chi connectivity index (χ1v) is 6.56. The van der Waals surface area contributed by atoms with E-state index in [1.54, 1.807) is 6.07 Å². The van der Waals surface area contributed by atoms with Crippen molar-refractivity contribution in [3.8, 4) is 0 Å². The van der Waals surface area contributed by atoms with E-state index in [2.05, 4.69) is 0 Å². The van der Waals surface area contributed by atoms with Crippen molar-refractivity contribution in [2.24, 2.45) is 0 Å². The normalized spacial score (nSPS) is 24.1. The van der Waals surface area contributed by atoms with Gasteiger partial charge >= 0.3 is 0 Å². The molecule has 0 saturated carbocycles. The van der Waals surface area contributed by atoms with E-state index in [9.17, 15) is 4.79 Å². The molecule has 3 nitrogen and oxygen atoms in total. The van der Waals surface area contributed by atoms with Crippen molar-refractivity contribution in [3.63, 3.8) is 0 Å². The highest BCUT2D eigenvalue weighted by Gasteiger charge is 2.27. The molecule has 0 N–H and O–H groups in total. The lowest BCUT2D eigenvalue weighted by Crippen LogP contribution is -2.48. The third-order valence-electron chi connectivity index (χ3n) is 3.06. The third kappa shape index (κ3) is 2.85. The van der Waals surface area contributed by atoms with Gasteiger partial charge < -0.3 is 9.64 Å². The summed E-state index contributed by atoms with van der Waals surface area (Å²) < 4.78 is 5.62. The molecule has 1 aromatic rings. The molecule has 1 aliphatic rings. The molecule has 1 amide bonds. The molecule has 0 aromatic heterocycles. The van der Waals surface area contributed by atoms with Gasteiger partial charge in [-0.15, -0.1) is 0 Å². The van der Waals surface area contributed by atoms with Gasteiger partial charge in [-0.05, 0) is 38.5 Å². The average molecular weight is 268 g/mol. The van der Waals surface area contributed by atoms with E-state index in [1.165, 1.54) is 0 Å². The van der Waals surface area contributed by atoms with Crippen molar-refractivity contribution in [1.82, 2.24) is 4.90 Å². The maximum atomic E-state index is 12.4. The van der Waals surface area contributed by atoms with Gasteiger partial charge in [-0.3, -0.25) is 4.79 Å². The summed E-state index contributed by atoms with van der Waals surface area (Å²) in [6.45, 7) is 7.15. The number of nitrogens with zero attached hydrogens (tertiary/aromatic N) is 1. The van der Waals surface area contributed by atoms with Crippen molar-refractivity contribution in [2.75, 3.05) is 13.1 Å². The van der Waals surface area contributed by atoms with Crippen LogP contribution in [0.2, 0.25) is 5.02 Å². The minimum absolute atomic E-state index is 0.0120. The zero-order chi connectivity index (χ0) is 13.3.